The van der Waals surface area contributed by atoms with Crippen molar-refractivity contribution in [3.63, 3.8) is 0 Å². The summed E-state index contributed by atoms with van der Waals surface area (Å²) in [5.41, 5.74) is -1.79. The Bertz CT molecular complexity index is 181. The van der Waals surface area contributed by atoms with E-state index in [0.29, 0.717) is 12.8 Å². The van der Waals surface area contributed by atoms with Crippen LogP contribution in [0.4, 0.5) is 0 Å². The average Bonchev–Trinajstić information content (AvgIpc) is 2.03. The first-order chi connectivity index (χ1) is 6.01. The molecular weight excluding hydrogens is 309 g/mol. The number of aliphatic carboxylic acids is 2. The summed E-state index contributed by atoms with van der Waals surface area (Å²) >= 11 is 0. The van der Waals surface area contributed by atoms with Gasteiger partial charge in [0.25, 0.3) is 0 Å². The minimum absolute atomic E-state index is 0. The van der Waals surface area contributed by atoms with Crippen molar-refractivity contribution in [2.75, 3.05) is 0 Å². The van der Waals surface area contributed by atoms with Gasteiger partial charge in [-0.25, -0.2) is 0 Å². The molecule has 0 saturated carbocycles. The zero-order valence-corrected chi connectivity index (χ0v) is 13.1. The van der Waals surface area contributed by atoms with Gasteiger partial charge in [-0.05, 0) is 12.8 Å². The molecule has 0 atom stereocenters. The van der Waals surface area contributed by atoms with E-state index >= 15 is 0 Å². The summed E-state index contributed by atoms with van der Waals surface area (Å²) in [7, 11) is 0. The maximum absolute atomic E-state index is 10.7. The van der Waals surface area contributed by atoms with Crippen molar-refractivity contribution in [3.05, 3.63) is 0 Å². The summed E-state index contributed by atoms with van der Waals surface area (Å²) < 4.78 is 0. The molecule has 0 aliphatic heterocycles. The first-order valence-electron chi connectivity index (χ1n) is 4.44. The topological polar surface area (TPSA) is 80.3 Å². The quantitative estimate of drug-likeness (QED) is 0.449. The van der Waals surface area contributed by atoms with Crippen LogP contribution in [0.25, 0.3) is 0 Å². The zero-order chi connectivity index (χ0) is 10.5. The number of hydrogen-bond acceptors (Lipinski definition) is 4. The predicted octanol–water partition coefficient (Wildman–Crippen LogP) is -1.31. The number of rotatable bonds is 6. The molecule has 4 nitrogen and oxygen atoms in total. The van der Waals surface area contributed by atoms with Gasteiger partial charge in [-0.2, -0.15) is 0 Å². The molecule has 5 heteroatoms. The maximum Gasteiger partial charge on any atom is 2.00 e. The Balaban J connectivity index is 0. The Morgan fingerprint density at radius 1 is 1.00 bits per heavy atom. The summed E-state index contributed by atoms with van der Waals surface area (Å²) in [4.78, 5) is 21.4. The third kappa shape index (κ3) is 3.94. The standard InChI is InChI=1S/C9H16O4.Ba/c1-3-5-9(6-4-2,7(10)11)8(12)13;/h3-6H2,1-2H3,(H,10,11)(H,12,13);/q;+2/p-2. The third-order valence-corrected chi connectivity index (χ3v) is 2.14. The van der Waals surface area contributed by atoms with Crippen LogP contribution in [0.2, 0.25) is 0 Å². The fourth-order valence-corrected chi connectivity index (χ4v) is 1.47. The molecule has 76 valence electrons. The molecule has 0 radical (unpaired) electrons. The SMILES string of the molecule is CCCC(CCC)(C(=O)[O-])C(=O)[O-].[Ba+2]. The molecule has 0 aromatic carbocycles. The van der Waals surface area contributed by atoms with Crippen LogP contribution >= 0.6 is 0 Å². The second kappa shape index (κ2) is 7.76. The molecule has 0 aliphatic rings. The van der Waals surface area contributed by atoms with Crippen LogP contribution in [0.15, 0.2) is 0 Å². The van der Waals surface area contributed by atoms with E-state index < -0.39 is 17.4 Å². The van der Waals surface area contributed by atoms with Crippen molar-refractivity contribution in [2.45, 2.75) is 39.5 Å². The van der Waals surface area contributed by atoms with E-state index in [9.17, 15) is 19.8 Å². The molecule has 0 aromatic heterocycles. The van der Waals surface area contributed by atoms with Crippen LogP contribution < -0.4 is 10.2 Å². The van der Waals surface area contributed by atoms with Gasteiger partial charge in [-0.15, -0.1) is 0 Å². The third-order valence-electron chi connectivity index (χ3n) is 2.14. The van der Waals surface area contributed by atoms with E-state index in [4.69, 9.17) is 0 Å². The fraction of sp³-hybridized carbons (Fsp3) is 0.778. The molecular formula is C9H14BaO4. The zero-order valence-electron chi connectivity index (χ0n) is 8.67. The number of carboxylic acids is 2. The van der Waals surface area contributed by atoms with Crippen molar-refractivity contribution in [2.24, 2.45) is 5.41 Å². The largest absolute Gasteiger partial charge is 2.00 e. The van der Waals surface area contributed by atoms with Crippen LogP contribution in [-0.2, 0) is 9.59 Å². The first-order valence-corrected chi connectivity index (χ1v) is 4.44. The molecule has 0 unspecified atom stereocenters. The second-order valence-electron chi connectivity index (χ2n) is 3.16. The Kier molecular flexibility index (Phi) is 9.38. The molecule has 0 saturated heterocycles. The summed E-state index contributed by atoms with van der Waals surface area (Å²) in [6.45, 7) is 3.46. The van der Waals surface area contributed by atoms with Gasteiger partial charge >= 0.3 is 48.9 Å². The van der Waals surface area contributed by atoms with Gasteiger partial charge < -0.3 is 19.8 Å². The molecule has 0 amide bonds. The molecule has 0 aromatic rings. The molecule has 14 heavy (non-hydrogen) atoms. The smallest absolute Gasteiger partial charge is 0.549 e. The summed E-state index contributed by atoms with van der Waals surface area (Å²) in [6, 6.07) is 0. The van der Waals surface area contributed by atoms with Crippen molar-refractivity contribution in [1.29, 1.82) is 0 Å². The normalized spacial score (nSPS) is 10.4. The van der Waals surface area contributed by atoms with Gasteiger partial charge in [-0.1, -0.05) is 26.7 Å². The molecule has 0 fully saturated rings. The molecule has 0 heterocycles. The van der Waals surface area contributed by atoms with Gasteiger partial charge in [0.05, 0.1) is 11.9 Å². The van der Waals surface area contributed by atoms with Crippen molar-refractivity contribution >= 4 is 60.8 Å². The Morgan fingerprint density at radius 3 is 1.43 bits per heavy atom. The van der Waals surface area contributed by atoms with E-state index in [1.807, 2.05) is 0 Å². The monoisotopic (exact) mass is 324 g/mol. The second-order valence-corrected chi connectivity index (χ2v) is 3.16. The van der Waals surface area contributed by atoms with E-state index in [2.05, 4.69) is 0 Å². The van der Waals surface area contributed by atoms with Gasteiger partial charge in [0.15, 0.2) is 0 Å². The minimum Gasteiger partial charge on any atom is -0.549 e. The summed E-state index contributed by atoms with van der Waals surface area (Å²) in [5, 5.41) is 21.4. The van der Waals surface area contributed by atoms with Crippen LogP contribution in [0.3, 0.4) is 0 Å². The maximum atomic E-state index is 10.7. The number of hydrogen-bond donors (Lipinski definition) is 0. The summed E-state index contributed by atoms with van der Waals surface area (Å²) in [6.07, 6.45) is 1.13. The van der Waals surface area contributed by atoms with E-state index in [0.717, 1.165) is 0 Å². The van der Waals surface area contributed by atoms with Crippen molar-refractivity contribution in [3.8, 4) is 0 Å². The van der Waals surface area contributed by atoms with Gasteiger partial charge in [0.2, 0.25) is 0 Å². The Morgan fingerprint density at radius 2 is 1.29 bits per heavy atom. The van der Waals surface area contributed by atoms with Gasteiger partial charge in [-0.3, -0.25) is 0 Å². The molecule has 0 bridgehead atoms. The molecule has 0 rings (SSSR count). The van der Waals surface area contributed by atoms with Crippen molar-refractivity contribution < 1.29 is 19.8 Å². The molecule has 0 aliphatic carbocycles. The molecule has 0 N–H and O–H groups in total. The van der Waals surface area contributed by atoms with Crippen LogP contribution in [0.5, 0.6) is 0 Å². The van der Waals surface area contributed by atoms with Crippen molar-refractivity contribution in [1.82, 2.24) is 0 Å². The Hall–Kier alpha value is 0.511. The first kappa shape index (κ1) is 16.9. The predicted molar refractivity (Wildman–Crippen MR) is 48.0 cm³/mol. The number of carbonyl (C=O) groups excluding carboxylic acids is 2. The van der Waals surface area contributed by atoms with Crippen LogP contribution in [0.1, 0.15) is 39.5 Å². The van der Waals surface area contributed by atoms with E-state index in [1.54, 1.807) is 13.8 Å². The van der Waals surface area contributed by atoms with E-state index in [1.165, 1.54) is 0 Å². The number of carbonyl (C=O) groups is 2. The van der Waals surface area contributed by atoms with Gasteiger partial charge in [0.1, 0.15) is 0 Å². The van der Waals surface area contributed by atoms with E-state index in [-0.39, 0.29) is 61.7 Å². The fourth-order valence-electron chi connectivity index (χ4n) is 1.47. The molecule has 0 spiro atoms. The Labute approximate surface area is 124 Å². The van der Waals surface area contributed by atoms with Gasteiger partial charge in [0, 0.05) is 5.41 Å². The minimum atomic E-state index is -1.79. The summed E-state index contributed by atoms with van der Waals surface area (Å²) in [5.74, 6) is -3.06. The van der Waals surface area contributed by atoms with Crippen LogP contribution in [0, 0.1) is 5.41 Å². The van der Waals surface area contributed by atoms with Crippen LogP contribution in [-0.4, -0.2) is 60.8 Å². The number of carboxylic acid groups (broad SMARTS) is 2. The average molecular weight is 324 g/mol.